The first kappa shape index (κ1) is 29.5. The predicted octanol–water partition coefficient (Wildman–Crippen LogP) is 4.47. The molecule has 1 fully saturated rings. The molecule has 1 aliphatic heterocycles. The Hall–Kier alpha value is -3.06. The number of amides is 1. The Morgan fingerprint density at radius 1 is 0.895 bits per heavy atom. The molecular formula is C31H31N2O4Y-. The van der Waals surface area contributed by atoms with Crippen molar-refractivity contribution in [3.8, 4) is 0 Å². The van der Waals surface area contributed by atoms with Gasteiger partial charge in [0.1, 0.15) is 12.4 Å². The van der Waals surface area contributed by atoms with Crippen molar-refractivity contribution in [3.05, 3.63) is 119 Å². The number of nitrogens with one attached hydrogen (secondary N) is 1. The maximum atomic E-state index is 12.5. The Kier molecular flexibility index (Phi) is 11.9. The molecule has 0 saturated carbocycles. The topological polar surface area (TPSA) is 75.7 Å². The Bertz CT molecular complexity index is 1240. The Morgan fingerprint density at radius 3 is 2.24 bits per heavy atom. The van der Waals surface area contributed by atoms with Crippen LogP contribution in [0.2, 0.25) is 0 Å². The number of Topliss-reactive ketones (excluding diaryl/α,β-unsaturated/α-hetero) is 1. The van der Waals surface area contributed by atoms with Gasteiger partial charge in [0.15, 0.2) is 0 Å². The Balaban J connectivity index is 0.00000400. The molecule has 193 valence electrons. The van der Waals surface area contributed by atoms with Crippen LogP contribution >= 0.6 is 0 Å². The third-order valence-electron chi connectivity index (χ3n) is 6.23. The predicted molar refractivity (Wildman–Crippen MR) is 143 cm³/mol. The molecule has 6 nitrogen and oxygen atoms in total. The molecule has 0 bridgehead atoms. The summed E-state index contributed by atoms with van der Waals surface area (Å²) in [6.45, 7) is 3.01. The second-order valence-electron chi connectivity index (χ2n) is 9.01. The van der Waals surface area contributed by atoms with Crippen LogP contribution in [0.25, 0.3) is 6.08 Å². The van der Waals surface area contributed by atoms with Crippen molar-refractivity contribution in [2.45, 2.75) is 32.4 Å². The minimum absolute atomic E-state index is 0. The maximum Gasteiger partial charge on any atom is 0.331 e. The smallest absolute Gasteiger partial charge is 0.331 e. The van der Waals surface area contributed by atoms with E-state index in [1.54, 1.807) is 11.0 Å². The average molecular weight is 585 g/mol. The number of ketones is 1. The fraction of sp³-hybridized carbons (Fsp3) is 0.226. The molecule has 1 saturated heterocycles. The SMILES string of the molecule is O=C1CCN(C(=O)[CH-]NCc2cc(Cc3ccccc3)ccc2/C=C/C(=O)OCc2ccccc2)CC1.[Y]. The number of ether oxygens (including phenoxy) is 1. The fourth-order valence-corrected chi connectivity index (χ4v) is 4.17. The minimum Gasteiger partial charge on any atom is -0.458 e. The van der Waals surface area contributed by atoms with Crippen molar-refractivity contribution in [1.82, 2.24) is 10.2 Å². The van der Waals surface area contributed by atoms with Gasteiger partial charge in [0.25, 0.3) is 0 Å². The van der Waals surface area contributed by atoms with Crippen LogP contribution < -0.4 is 5.32 Å². The zero-order valence-corrected chi connectivity index (χ0v) is 24.2. The number of likely N-dealkylation sites (tertiary alicyclic amines) is 1. The number of hydrogen-bond donors (Lipinski definition) is 1. The summed E-state index contributed by atoms with van der Waals surface area (Å²) in [5.74, 6) is -0.349. The molecule has 4 rings (SSSR count). The van der Waals surface area contributed by atoms with Crippen molar-refractivity contribution in [3.63, 3.8) is 0 Å². The van der Waals surface area contributed by atoms with Gasteiger partial charge in [0.2, 0.25) is 0 Å². The van der Waals surface area contributed by atoms with E-state index < -0.39 is 5.97 Å². The number of nitrogens with zero attached hydrogens (tertiary/aromatic N) is 1. The third kappa shape index (κ3) is 9.36. The number of esters is 1. The van der Waals surface area contributed by atoms with E-state index in [1.165, 1.54) is 18.2 Å². The first-order chi connectivity index (χ1) is 18.1. The minimum atomic E-state index is -0.419. The largest absolute Gasteiger partial charge is 0.458 e. The van der Waals surface area contributed by atoms with Gasteiger partial charge in [-0.1, -0.05) is 78.9 Å². The zero-order chi connectivity index (χ0) is 25.9. The number of hydrogen-bond acceptors (Lipinski definition) is 5. The number of piperidine rings is 1. The second-order valence-corrected chi connectivity index (χ2v) is 9.01. The first-order valence-electron chi connectivity index (χ1n) is 12.5. The van der Waals surface area contributed by atoms with Gasteiger partial charge >= 0.3 is 5.97 Å². The molecule has 0 atom stereocenters. The summed E-state index contributed by atoms with van der Waals surface area (Å²) in [5, 5.41) is 3.12. The number of carbonyl (C=O) groups excluding carboxylic acids is 3. The van der Waals surface area contributed by atoms with Gasteiger partial charge in [-0.05, 0) is 46.9 Å². The molecule has 3 aromatic carbocycles. The molecule has 1 amide bonds. The maximum absolute atomic E-state index is 12.5. The van der Waals surface area contributed by atoms with Crippen LogP contribution in [0, 0.1) is 6.54 Å². The molecule has 0 unspecified atom stereocenters. The van der Waals surface area contributed by atoms with Crippen LogP contribution in [0.5, 0.6) is 0 Å². The first-order valence-corrected chi connectivity index (χ1v) is 12.5. The standard InChI is InChI=1S/C31H31N2O4.Y/c34-29-15-17-33(18-16-29)30(35)22-32-21-28-20-26(19-24-7-3-1-4-8-24)11-12-27(28)13-14-31(36)37-23-25-9-5-2-6-10-25;/h1-14,20,22,32H,15-19,21,23H2;/q-1;/b14-13+;. The van der Waals surface area contributed by atoms with Crippen LogP contribution in [0.15, 0.2) is 84.9 Å². The fourth-order valence-electron chi connectivity index (χ4n) is 4.17. The van der Waals surface area contributed by atoms with Crippen LogP contribution in [0.1, 0.15) is 40.7 Å². The van der Waals surface area contributed by atoms with E-state index in [-0.39, 0.29) is 51.0 Å². The van der Waals surface area contributed by atoms with E-state index in [0.717, 1.165) is 28.7 Å². The van der Waals surface area contributed by atoms with Crippen LogP contribution in [0.4, 0.5) is 0 Å². The summed E-state index contributed by atoms with van der Waals surface area (Å²) in [6, 6.07) is 25.9. The summed E-state index contributed by atoms with van der Waals surface area (Å²) >= 11 is 0. The van der Waals surface area contributed by atoms with Gasteiger partial charge in [0.05, 0.1) is 5.91 Å². The number of benzene rings is 3. The molecule has 1 radical (unpaired) electrons. The summed E-state index contributed by atoms with van der Waals surface area (Å²) < 4.78 is 5.36. The van der Waals surface area contributed by atoms with Crippen LogP contribution in [-0.2, 0) is 71.4 Å². The molecule has 0 aliphatic carbocycles. The van der Waals surface area contributed by atoms with Gasteiger partial charge in [-0.25, -0.2) is 11.3 Å². The molecular weight excluding hydrogens is 553 g/mol. The van der Waals surface area contributed by atoms with Gasteiger partial charge in [-0.3, -0.25) is 4.79 Å². The van der Waals surface area contributed by atoms with Crippen molar-refractivity contribution in [2.75, 3.05) is 13.1 Å². The number of rotatable bonds is 10. The summed E-state index contributed by atoms with van der Waals surface area (Å²) in [5.41, 5.74) is 5.09. The van der Waals surface area contributed by atoms with Gasteiger partial charge < -0.3 is 19.7 Å². The van der Waals surface area contributed by atoms with Gasteiger partial charge in [-0.2, -0.15) is 0 Å². The van der Waals surface area contributed by atoms with E-state index in [0.29, 0.717) is 32.5 Å². The van der Waals surface area contributed by atoms with E-state index >= 15 is 0 Å². The normalized spacial score (nSPS) is 13.2. The monoisotopic (exact) mass is 584 g/mol. The van der Waals surface area contributed by atoms with Crippen molar-refractivity contribution < 1.29 is 51.8 Å². The average Bonchev–Trinajstić information content (AvgIpc) is 2.93. The molecule has 3 aromatic rings. The van der Waals surface area contributed by atoms with Gasteiger partial charge in [-0.15, -0.1) is 0 Å². The van der Waals surface area contributed by atoms with E-state index in [1.807, 2.05) is 60.7 Å². The summed E-state index contributed by atoms with van der Waals surface area (Å²) in [4.78, 5) is 38.0. The Labute approximate surface area is 249 Å². The molecule has 1 heterocycles. The van der Waals surface area contributed by atoms with Crippen LogP contribution in [-0.4, -0.2) is 35.6 Å². The summed E-state index contributed by atoms with van der Waals surface area (Å²) in [6.07, 6.45) is 4.78. The van der Waals surface area contributed by atoms with Crippen molar-refractivity contribution >= 4 is 23.7 Å². The molecule has 0 spiro atoms. The van der Waals surface area contributed by atoms with E-state index in [4.69, 9.17) is 4.74 Å². The van der Waals surface area contributed by atoms with Gasteiger partial charge in [0, 0.05) is 64.7 Å². The molecule has 1 N–H and O–H groups in total. The quantitative estimate of drug-likeness (QED) is 0.216. The molecule has 1 aliphatic rings. The van der Waals surface area contributed by atoms with Crippen LogP contribution in [0.3, 0.4) is 0 Å². The number of carbonyl (C=O) groups is 3. The van der Waals surface area contributed by atoms with E-state index in [9.17, 15) is 14.4 Å². The van der Waals surface area contributed by atoms with Crippen molar-refractivity contribution in [2.24, 2.45) is 0 Å². The molecule has 0 aromatic heterocycles. The van der Waals surface area contributed by atoms with Crippen molar-refractivity contribution in [1.29, 1.82) is 0 Å². The van der Waals surface area contributed by atoms with E-state index in [2.05, 4.69) is 23.5 Å². The Morgan fingerprint density at radius 2 is 1.55 bits per heavy atom. The summed E-state index contributed by atoms with van der Waals surface area (Å²) in [7, 11) is 0. The molecule has 7 heteroatoms. The zero-order valence-electron chi connectivity index (χ0n) is 21.3. The second kappa shape index (κ2) is 15.4. The third-order valence-corrected chi connectivity index (χ3v) is 6.23. The molecule has 38 heavy (non-hydrogen) atoms.